The Hall–Kier alpha value is -2.68. The van der Waals surface area contributed by atoms with Crippen LogP contribution in [0.5, 0.6) is 0 Å². The van der Waals surface area contributed by atoms with Crippen molar-refractivity contribution in [2.75, 3.05) is 13.4 Å². The average molecular weight is 427 g/mol. The van der Waals surface area contributed by atoms with Crippen molar-refractivity contribution in [2.45, 2.75) is 22.9 Å². The first kappa shape index (κ1) is 21.0. The van der Waals surface area contributed by atoms with Gasteiger partial charge >= 0.3 is 6.18 Å². The molecule has 0 saturated carbocycles. The van der Waals surface area contributed by atoms with Gasteiger partial charge in [-0.25, -0.2) is 17.8 Å². The molecule has 1 atom stereocenters. The van der Waals surface area contributed by atoms with Crippen molar-refractivity contribution >= 4 is 15.7 Å². The zero-order valence-electron chi connectivity index (χ0n) is 15.5. The summed E-state index contributed by atoms with van der Waals surface area (Å²) in [6.07, 6.45) is -2.77. The Balaban J connectivity index is 2.27. The number of halogens is 4. The van der Waals surface area contributed by atoms with Gasteiger partial charge in [-0.05, 0) is 41.5 Å². The first-order valence-corrected chi connectivity index (χ1v) is 10.3. The standard InChI is InChI=1S/C20H17F4NO3S/c1-28-18-12-19(11-17(25-18)20(22,23)24,13-3-7-15(21)8-4-13)14-5-9-16(10-6-14)29(2,26)27/h3-11H,12H2,1-2H3. The molecule has 0 amide bonds. The molecule has 0 saturated heterocycles. The maximum absolute atomic E-state index is 13.5. The van der Waals surface area contributed by atoms with E-state index in [1.54, 1.807) is 0 Å². The van der Waals surface area contributed by atoms with Gasteiger partial charge < -0.3 is 4.74 Å². The molecule has 0 spiro atoms. The van der Waals surface area contributed by atoms with Crippen LogP contribution in [0.25, 0.3) is 0 Å². The summed E-state index contributed by atoms with van der Waals surface area (Å²) in [5, 5.41) is 0. The van der Waals surface area contributed by atoms with E-state index in [-0.39, 0.29) is 17.2 Å². The minimum atomic E-state index is -4.73. The number of benzene rings is 2. The fourth-order valence-electron chi connectivity index (χ4n) is 3.28. The summed E-state index contributed by atoms with van der Waals surface area (Å²) in [4.78, 5) is 3.59. The molecule has 1 unspecified atom stereocenters. The van der Waals surface area contributed by atoms with E-state index in [4.69, 9.17) is 4.74 Å². The lowest BCUT2D eigenvalue weighted by Gasteiger charge is -2.35. The van der Waals surface area contributed by atoms with Crippen molar-refractivity contribution in [1.82, 2.24) is 0 Å². The molecule has 2 aromatic carbocycles. The van der Waals surface area contributed by atoms with E-state index >= 15 is 0 Å². The Labute approximate surface area is 165 Å². The predicted octanol–water partition coefficient (Wildman–Crippen LogP) is 4.41. The summed E-state index contributed by atoms with van der Waals surface area (Å²) < 4.78 is 82.6. The van der Waals surface area contributed by atoms with Crippen LogP contribution in [0.1, 0.15) is 17.5 Å². The number of sulfone groups is 1. The number of ether oxygens (including phenoxy) is 1. The number of hydrogen-bond acceptors (Lipinski definition) is 4. The quantitative estimate of drug-likeness (QED) is 0.682. The van der Waals surface area contributed by atoms with Crippen LogP contribution < -0.4 is 0 Å². The van der Waals surface area contributed by atoms with Crippen molar-refractivity contribution < 1.29 is 30.7 Å². The number of rotatable bonds is 3. The van der Waals surface area contributed by atoms with E-state index in [0.29, 0.717) is 11.1 Å². The summed E-state index contributed by atoms with van der Waals surface area (Å²) >= 11 is 0. The van der Waals surface area contributed by atoms with Gasteiger partial charge in [-0.2, -0.15) is 13.2 Å². The smallest absolute Gasteiger partial charge is 0.433 e. The Bertz CT molecular complexity index is 1070. The van der Waals surface area contributed by atoms with Crippen LogP contribution in [0.4, 0.5) is 17.6 Å². The first-order valence-electron chi connectivity index (χ1n) is 8.44. The molecule has 154 valence electrons. The third-order valence-corrected chi connectivity index (χ3v) is 5.87. The second kappa shape index (κ2) is 7.29. The van der Waals surface area contributed by atoms with Gasteiger partial charge in [-0.3, -0.25) is 0 Å². The van der Waals surface area contributed by atoms with E-state index in [1.807, 2.05) is 0 Å². The number of allylic oxidation sites excluding steroid dienone is 2. The van der Waals surface area contributed by atoms with Gasteiger partial charge in [-0.15, -0.1) is 0 Å². The van der Waals surface area contributed by atoms with Crippen LogP contribution in [-0.4, -0.2) is 33.9 Å². The van der Waals surface area contributed by atoms with Crippen LogP contribution in [-0.2, 0) is 20.0 Å². The van der Waals surface area contributed by atoms with Gasteiger partial charge in [0.25, 0.3) is 0 Å². The zero-order valence-corrected chi connectivity index (χ0v) is 16.3. The molecule has 1 aliphatic rings. The second-order valence-electron chi connectivity index (χ2n) is 6.69. The topological polar surface area (TPSA) is 55.7 Å². The average Bonchev–Trinajstić information content (AvgIpc) is 2.66. The molecule has 4 nitrogen and oxygen atoms in total. The number of hydrogen-bond donors (Lipinski definition) is 0. The molecular weight excluding hydrogens is 410 g/mol. The van der Waals surface area contributed by atoms with Crippen LogP contribution in [0.15, 0.2) is 70.2 Å². The van der Waals surface area contributed by atoms with Crippen molar-refractivity contribution in [3.63, 3.8) is 0 Å². The summed E-state index contributed by atoms with van der Waals surface area (Å²) in [5.74, 6) is -0.677. The van der Waals surface area contributed by atoms with Gasteiger partial charge in [0.15, 0.2) is 15.7 Å². The molecule has 2 aromatic rings. The normalized spacial score (nSPS) is 20.1. The molecule has 3 rings (SSSR count). The SMILES string of the molecule is COC1=NC(C(F)(F)F)=CC(c2ccc(F)cc2)(c2ccc(S(C)(=O)=O)cc2)C1. The van der Waals surface area contributed by atoms with E-state index in [0.717, 1.165) is 24.5 Å². The number of nitrogens with zero attached hydrogens (tertiary/aromatic N) is 1. The van der Waals surface area contributed by atoms with E-state index < -0.39 is 32.9 Å². The maximum atomic E-state index is 13.5. The number of alkyl halides is 3. The molecule has 29 heavy (non-hydrogen) atoms. The fourth-order valence-corrected chi connectivity index (χ4v) is 3.91. The monoisotopic (exact) mass is 427 g/mol. The highest BCUT2D eigenvalue weighted by Crippen LogP contribution is 2.44. The van der Waals surface area contributed by atoms with Crippen LogP contribution in [0, 0.1) is 5.82 Å². The molecule has 0 fully saturated rings. The van der Waals surface area contributed by atoms with Crippen molar-refractivity contribution in [1.29, 1.82) is 0 Å². The second-order valence-corrected chi connectivity index (χ2v) is 8.70. The van der Waals surface area contributed by atoms with Crippen molar-refractivity contribution in [3.8, 4) is 0 Å². The molecule has 9 heteroatoms. The Morgan fingerprint density at radius 3 is 1.97 bits per heavy atom. The Morgan fingerprint density at radius 1 is 1.00 bits per heavy atom. The van der Waals surface area contributed by atoms with Gasteiger partial charge in [0.1, 0.15) is 11.5 Å². The minimum absolute atomic E-state index is 0.0342. The van der Waals surface area contributed by atoms with Crippen LogP contribution in [0.2, 0.25) is 0 Å². The van der Waals surface area contributed by atoms with Crippen LogP contribution in [0.3, 0.4) is 0 Å². The molecule has 0 N–H and O–H groups in total. The summed E-state index contributed by atoms with van der Waals surface area (Å²) in [6.45, 7) is 0. The molecule has 0 aromatic heterocycles. The molecule has 1 heterocycles. The van der Waals surface area contributed by atoms with Gasteiger partial charge in [-0.1, -0.05) is 24.3 Å². The number of methoxy groups -OCH3 is 1. The fraction of sp³-hybridized carbons (Fsp3) is 0.250. The van der Waals surface area contributed by atoms with Gasteiger partial charge in [0.2, 0.25) is 0 Å². The minimum Gasteiger partial charge on any atom is -0.484 e. The highest BCUT2D eigenvalue weighted by molar-refractivity contribution is 7.90. The van der Waals surface area contributed by atoms with E-state index in [9.17, 15) is 26.0 Å². The molecule has 0 bridgehead atoms. The van der Waals surface area contributed by atoms with Crippen LogP contribution >= 0.6 is 0 Å². The summed E-state index contributed by atoms with van der Waals surface area (Å²) in [5.41, 5.74) is -1.74. The molecular formula is C20H17F4NO3S. The van der Waals surface area contributed by atoms with E-state index in [2.05, 4.69) is 4.99 Å². The maximum Gasteiger partial charge on any atom is 0.433 e. The lowest BCUT2D eigenvalue weighted by molar-refractivity contribution is -0.0934. The predicted molar refractivity (Wildman–Crippen MR) is 99.9 cm³/mol. The highest BCUT2D eigenvalue weighted by Gasteiger charge is 2.44. The Morgan fingerprint density at radius 2 is 1.52 bits per heavy atom. The third kappa shape index (κ3) is 4.19. The van der Waals surface area contributed by atoms with Gasteiger partial charge in [0.05, 0.1) is 12.0 Å². The van der Waals surface area contributed by atoms with Crippen molar-refractivity contribution in [3.05, 3.63) is 77.2 Å². The third-order valence-electron chi connectivity index (χ3n) is 4.74. The lowest BCUT2D eigenvalue weighted by atomic mass is 9.70. The largest absolute Gasteiger partial charge is 0.484 e. The number of aliphatic imine (C=N–C) groups is 1. The summed E-state index contributed by atoms with van der Waals surface area (Å²) in [6, 6.07) is 10.6. The molecule has 1 aliphatic heterocycles. The Kier molecular flexibility index (Phi) is 5.29. The zero-order chi connectivity index (χ0) is 21.4. The van der Waals surface area contributed by atoms with E-state index in [1.165, 1.54) is 43.5 Å². The highest BCUT2D eigenvalue weighted by atomic mass is 32.2. The van der Waals surface area contributed by atoms with Crippen molar-refractivity contribution in [2.24, 2.45) is 4.99 Å². The van der Waals surface area contributed by atoms with Gasteiger partial charge in [0, 0.05) is 18.1 Å². The molecule has 0 radical (unpaired) electrons. The molecule has 0 aliphatic carbocycles. The lowest BCUT2D eigenvalue weighted by Crippen LogP contribution is -2.34. The summed E-state index contributed by atoms with van der Waals surface area (Å²) in [7, 11) is -2.26. The first-order chi connectivity index (χ1) is 13.5.